The number of alkyl halides is 2. The molecule has 0 aromatic carbocycles. The molecule has 0 bridgehead atoms. The average Bonchev–Trinajstić information content (AvgIpc) is 2.75. The molecule has 0 spiro atoms. The molecular formula is C11H17F2N3O. The Morgan fingerprint density at radius 2 is 2.06 bits per heavy atom. The van der Waals surface area contributed by atoms with Crippen molar-refractivity contribution in [2.45, 2.75) is 43.9 Å². The van der Waals surface area contributed by atoms with Gasteiger partial charge in [-0.2, -0.15) is 0 Å². The van der Waals surface area contributed by atoms with Gasteiger partial charge >= 0.3 is 0 Å². The Hall–Kier alpha value is -1.04. The number of nitrogens with zero attached hydrogens (tertiary/aromatic N) is 2. The predicted octanol–water partition coefficient (Wildman–Crippen LogP) is 2.12. The van der Waals surface area contributed by atoms with E-state index in [1.807, 2.05) is 7.05 Å². The molecule has 1 aromatic rings. The number of rotatable bonds is 4. The summed E-state index contributed by atoms with van der Waals surface area (Å²) in [6.07, 6.45) is 1.38. The van der Waals surface area contributed by atoms with E-state index in [0.29, 0.717) is 31.0 Å². The van der Waals surface area contributed by atoms with E-state index >= 15 is 0 Å². The van der Waals surface area contributed by atoms with Crippen LogP contribution in [0.4, 0.5) is 8.78 Å². The van der Waals surface area contributed by atoms with Crippen LogP contribution in [0.1, 0.15) is 43.4 Å². The average molecular weight is 245 g/mol. The number of aromatic nitrogens is 2. The summed E-state index contributed by atoms with van der Waals surface area (Å²) < 4.78 is 31.5. The highest BCUT2D eigenvalue weighted by atomic mass is 19.3. The summed E-state index contributed by atoms with van der Waals surface area (Å²) in [5.74, 6) is -1.41. The third kappa shape index (κ3) is 3.21. The molecule has 4 nitrogen and oxygen atoms in total. The molecule has 0 atom stereocenters. The minimum absolute atomic E-state index is 0.00506. The van der Waals surface area contributed by atoms with Gasteiger partial charge in [-0.3, -0.25) is 0 Å². The Kier molecular flexibility index (Phi) is 3.71. The van der Waals surface area contributed by atoms with Crippen molar-refractivity contribution in [2.75, 3.05) is 13.6 Å². The first kappa shape index (κ1) is 12.4. The van der Waals surface area contributed by atoms with Crippen molar-refractivity contribution in [3.8, 4) is 0 Å². The molecule has 1 saturated carbocycles. The van der Waals surface area contributed by atoms with Crippen LogP contribution in [0.5, 0.6) is 0 Å². The summed E-state index contributed by atoms with van der Waals surface area (Å²) in [7, 11) is 1.85. The third-order valence-corrected chi connectivity index (χ3v) is 3.14. The lowest BCUT2D eigenvalue weighted by Crippen LogP contribution is -2.23. The van der Waals surface area contributed by atoms with Crippen LogP contribution >= 0.6 is 0 Å². The van der Waals surface area contributed by atoms with Crippen molar-refractivity contribution >= 4 is 0 Å². The number of halogens is 2. The van der Waals surface area contributed by atoms with Gasteiger partial charge in [0, 0.05) is 31.7 Å². The lowest BCUT2D eigenvalue weighted by atomic mass is 9.87. The maximum absolute atomic E-state index is 13.0. The van der Waals surface area contributed by atoms with E-state index in [2.05, 4.69) is 15.5 Å². The number of hydrogen-bond donors (Lipinski definition) is 1. The van der Waals surface area contributed by atoms with Crippen molar-refractivity contribution in [3.05, 3.63) is 11.8 Å². The van der Waals surface area contributed by atoms with Gasteiger partial charge in [0.1, 0.15) is 0 Å². The molecule has 0 unspecified atom stereocenters. The van der Waals surface area contributed by atoms with Gasteiger partial charge in [0.05, 0.1) is 0 Å². The molecule has 2 rings (SSSR count). The largest absolute Gasteiger partial charge is 0.425 e. The Balaban J connectivity index is 1.92. The molecular weight excluding hydrogens is 228 g/mol. The van der Waals surface area contributed by atoms with E-state index in [9.17, 15) is 8.78 Å². The van der Waals surface area contributed by atoms with Crippen molar-refractivity contribution in [3.63, 3.8) is 0 Å². The molecule has 1 aromatic heterocycles. The van der Waals surface area contributed by atoms with Crippen LogP contribution < -0.4 is 5.32 Å². The summed E-state index contributed by atoms with van der Waals surface area (Å²) in [5, 5.41) is 10.9. The molecule has 0 saturated heterocycles. The van der Waals surface area contributed by atoms with E-state index in [1.54, 1.807) is 0 Å². The van der Waals surface area contributed by atoms with Crippen molar-refractivity contribution in [1.29, 1.82) is 0 Å². The van der Waals surface area contributed by atoms with Crippen molar-refractivity contribution in [1.82, 2.24) is 15.5 Å². The van der Waals surface area contributed by atoms with Gasteiger partial charge in [-0.05, 0) is 19.9 Å². The second-order valence-electron chi connectivity index (χ2n) is 4.52. The fourth-order valence-corrected chi connectivity index (χ4v) is 2.05. The topological polar surface area (TPSA) is 51.0 Å². The van der Waals surface area contributed by atoms with Crippen molar-refractivity contribution in [2.24, 2.45) is 0 Å². The second kappa shape index (κ2) is 5.08. The second-order valence-corrected chi connectivity index (χ2v) is 4.52. The maximum atomic E-state index is 13.0. The quantitative estimate of drug-likeness (QED) is 0.882. The van der Waals surface area contributed by atoms with E-state index in [1.165, 1.54) is 0 Å². The maximum Gasteiger partial charge on any atom is 0.248 e. The van der Waals surface area contributed by atoms with Gasteiger partial charge < -0.3 is 9.73 Å². The van der Waals surface area contributed by atoms with Gasteiger partial charge in [-0.1, -0.05) is 0 Å². The highest BCUT2D eigenvalue weighted by molar-refractivity contribution is 4.96. The summed E-state index contributed by atoms with van der Waals surface area (Å²) in [6, 6.07) is 0. The van der Waals surface area contributed by atoms with Crippen LogP contribution in [0.3, 0.4) is 0 Å². The number of hydrogen-bond acceptors (Lipinski definition) is 4. The summed E-state index contributed by atoms with van der Waals surface area (Å²) in [6.45, 7) is 0.768. The molecule has 1 aliphatic rings. The summed E-state index contributed by atoms with van der Waals surface area (Å²) in [5.41, 5.74) is 0. The van der Waals surface area contributed by atoms with Crippen LogP contribution in [-0.2, 0) is 6.42 Å². The summed E-state index contributed by atoms with van der Waals surface area (Å²) in [4.78, 5) is 0. The van der Waals surface area contributed by atoms with Crippen LogP contribution in [0, 0.1) is 0 Å². The number of nitrogens with one attached hydrogen (secondary N) is 1. The highest BCUT2D eigenvalue weighted by Gasteiger charge is 2.37. The molecule has 1 fully saturated rings. The fraction of sp³-hybridized carbons (Fsp3) is 0.818. The zero-order valence-corrected chi connectivity index (χ0v) is 9.88. The minimum Gasteiger partial charge on any atom is -0.425 e. The molecule has 1 heterocycles. The van der Waals surface area contributed by atoms with Gasteiger partial charge in [0.15, 0.2) is 0 Å². The molecule has 1 aliphatic carbocycles. The van der Waals surface area contributed by atoms with Crippen LogP contribution in [0.25, 0.3) is 0 Å². The monoisotopic (exact) mass is 245 g/mol. The van der Waals surface area contributed by atoms with Gasteiger partial charge in [0.25, 0.3) is 0 Å². The minimum atomic E-state index is -2.51. The Labute approximate surface area is 98.8 Å². The molecule has 96 valence electrons. The first-order chi connectivity index (χ1) is 8.11. The van der Waals surface area contributed by atoms with E-state index in [4.69, 9.17) is 4.42 Å². The SMILES string of the molecule is CNCCc1nnc(C2CCC(F)(F)CC2)o1. The van der Waals surface area contributed by atoms with Crippen LogP contribution in [0.2, 0.25) is 0 Å². The molecule has 1 N–H and O–H groups in total. The first-order valence-corrected chi connectivity index (χ1v) is 5.95. The molecule has 0 radical (unpaired) electrons. The predicted molar refractivity (Wildman–Crippen MR) is 58.1 cm³/mol. The molecule has 6 heteroatoms. The Morgan fingerprint density at radius 3 is 2.71 bits per heavy atom. The smallest absolute Gasteiger partial charge is 0.248 e. The molecule has 17 heavy (non-hydrogen) atoms. The van der Waals surface area contributed by atoms with Gasteiger partial charge in [-0.25, -0.2) is 8.78 Å². The van der Waals surface area contributed by atoms with E-state index in [0.717, 1.165) is 6.54 Å². The zero-order chi connectivity index (χ0) is 12.3. The third-order valence-electron chi connectivity index (χ3n) is 3.14. The van der Waals surface area contributed by atoms with Gasteiger partial charge in [0.2, 0.25) is 17.7 Å². The number of likely N-dealkylation sites (N-methyl/N-ethyl adjacent to an activating group) is 1. The lowest BCUT2D eigenvalue weighted by Gasteiger charge is -2.25. The molecule has 0 amide bonds. The van der Waals surface area contributed by atoms with Crippen LogP contribution in [-0.4, -0.2) is 29.7 Å². The van der Waals surface area contributed by atoms with Crippen molar-refractivity contribution < 1.29 is 13.2 Å². The van der Waals surface area contributed by atoms with E-state index < -0.39 is 5.92 Å². The lowest BCUT2D eigenvalue weighted by molar-refractivity contribution is -0.0399. The Bertz CT molecular complexity index is 357. The first-order valence-electron chi connectivity index (χ1n) is 5.95. The normalized spacial score (nSPS) is 20.6. The van der Waals surface area contributed by atoms with Gasteiger partial charge in [-0.15, -0.1) is 10.2 Å². The fourth-order valence-electron chi connectivity index (χ4n) is 2.05. The zero-order valence-electron chi connectivity index (χ0n) is 9.88. The standard InChI is InChI=1S/C11H17F2N3O/c1-14-7-4-9-15-16-10(17-9)8-2-5-11(12,13)6-3-8/h8,14H,2-7H2,1H3. The molecule has 0 aliphatic heterocycles. The summed E-state index contributed by atoms with van der Waals surface area (Å²) >= 11 is 0. The van der Waals surface area contributed by atoms with E-state index in [-0.39, 0.29) is 18.8 Å². The Morgan fingerprint density at radius 1 is 1.35 bits per heavy atom. The highest BCUT2D eigenvalue weighted by Crippen LogP contribution is 2.40. The van der Waals surface area contributed by atoms with Crippen LogP contribution in [0.15, 0.2) is 4.42 Å².